The van der Waals surface area contributed by atoms with Gasteiger partial charge in [0.1, 0.15) is 5.82 Å². The van der Waals surface area contributed by atoms with E-state index in [2.05, 4.69) is 61.7 Å². The van der Waals surface area contributed by atoms with E-state index < -0.39 is 0 Å². The van der Waals surface area contributed by atoms with Gasteiger partial charge in [0.25, 0.3) is 0 Å². The highest BCUT2D eigenvalue weighted by Gasteiger charge is 2.10. The fourth-order valence-corrected chi connectivity index (χ4v) is 1.87. The van der Waals surface area contributed by atoms with Crippen molar-refractivity contribution in [1.82, 2.24) is 10.3 Å². The summed E-state index contributed by atoms with van der Waals surface area (Å²) in [5.74, 6) is 1.01. The molecule has 3 nitrogen and oxygen atoms in total. The molecular weight excluding hydrogens is 234 g/mol. The van der Waals surface area contributed by atoms with E-state index in [1.54, 1.807) is 0 Å². The molecule has 0 unspecified atom stereocenters. The molecule has 0 aromatic carbocycles. The molecule has 1 aromatic rings. The molecule has 0 amide bonds. The topological polar surface area (TPSA) is 28.2 Å². The van der Waals surface area contributed by atoms with Crippen LogP contribution < -0.4 is 10.2 Å². The first-order chi connectivity index (χ1) is 8.67. The van der Waals surface area contributed by atoms with Crippen LogP contribution in [0.2, 0.25) is 0 Å². The fraction of sp³-hybridized carbons (Fsp3) is 0.562. The van der Waals surface area contributed by atoms with Crippen LogP contribution in [0.1, 0.15) is 39.0 Å². The van der Waals surface area contributed by atoms with Gasteiger partial charge in [-0.1, -0.05) is 12.2 Å². The second kappa shape index (κ2) is 6.20. The zero-order valence-corrected chi connectivity index (χ0v) is 13.2. The molecule has 3 heteroatoms. The van der Waals surface area contributed by atoms with Crippen LogP contribution in [0, 0.1) is 6.92 Å². The number of nitrogens with zero attached hydrogens (tertiary/aromatic N) is 2. The Labute approximate surface area is 117 Å². The summed E-state index contributed by atoms with van der Waals surface area (Å²) in [7, 11) is 2.05. The lowest BCUT2D eigenvalue weighted by molar-refractivity contribution is 0.424. The van der Waals surface area contributed by atoms with Crippen molar-refractivity contribution in [2.45, 2.75) is 46.7 Å². The van der Waals surface area contributed by atoms with E-state index >= 15 is 0 Å². The zero-order valence-electron chi connectivity index (χ0n) is 13.2. The van der Waals surface area contributed by atoms with E-state index in [9.17, 15) is 0 Å². The van der Waals surface area contributed by atoms with E-state index in [0.717, 1.165) is 30.2 Å². The maximum Gasteiger partial charge on any atom is 0.129 e. The van der Waals surface area contributed by atoms with Crippen molar-refractivity contribution < 1.29 is 0 Å². The maximum atomic E-state index is 4.59. The van der Waals surface area contributed by atoms with Crippen molar-refractivity contribution in [3.63, 3.8) is 0 Å². The average Bonchev–Trinajstić information content (AvgIpc) is 2.23. The second-order valence-corrected chi connectivity index (χ2v) is 6.39. The average molecular weight is 261 g/mol. The van der Waals surface area contributed by atoms with E-state index in [1.807, 2.05) is 13.8 Å². The predicted octanol–water partition coefficient (Wildman–Crippen LogP) is 3.29. The Morgan fingerprint density at radius 2 is 2.00 bits per heavy atom. The minimum Gasteiger partial charge on any atom is -0.356 e. The third-order valence-electron chi connectivity index (χ3n) is 2.72. The van der Waals surface area contributed by atoms with Gasteiger partial charge in [0.05, 0.1) is 0 Å². The summed E-state index contributed by atoms with van der Waals surface area (Å²) in [5.41, 5.74) is 3.59. The molecule has 0 radical (unpaired) electrons. The number of rotatable bonds is 5. The van der Waals surface area contributed by atoms with E-state index in [-0.39, 0.29) is 5.54 Å². The van der Waals surface area contributed by atoms with Crippen LogP contribution in [0.3, 0.4) is 0 Å². The molecule has 19 heavy (non-hydrogen) atoms. The minimum absolute atomic E-state index is 0.126. The molecule has 0 aliphatic carbocycles. The Morgan fingerprint density at radius 3 is 2.53 bits per heavy atom. The van der Waals surface area contributed by atoms with Crippen LogP contribution in [-0.2, 0) is 6.54 Å². The first kappa shape index (κ1) is 15.7. The van der Waals surface area contributed by atoms with Crippen LogP contribution in [0.25, 0.3) is 0 Å². The van der Waals surface area contributed by atoms with Gasteiger partial charge in [0.15, 0.2) is 0 Å². The summed E-state index contributed by atoms with van der Waals surface area (Å²) in [6.45, 7) is 16.3. The molecule has 0 bridgehead atoms. The monoisotopic (exact) mass is 261 g/mol. The smallest absolute Gasteiger partial charge is 0.129 e. The summed E-state index contributed by atoms with van der Waals surface area (Å²) in [6, 6.07) is 4.28. The lowest BCUT2D eigenvalue weighted by atomic mass is 10.1. The number of hydrogen-bond acceptors (Lipinski definition) is 3. The number of anilines is 1. The zero-order chi connectivity index (χ0) is 14.6. The third kappa shape index (κ3) is 5.88. The van der Waals surface area contributed by atoms with Crippen LogP contribution in [0.4, 0.5) is 5.82 Å². The number of aryl methyl sites for hydroxylation is 1. The highest BCUT2D eigenvalue weighted by Crippen LogP contribution is 2.15. The Kier molecular flexibility index (Phi) is 5.12. The number of hydrogen-bond donors (Lipinski definition) is 1. The molecular formula is C16H27N3. The van der Waals surface area contributed by atoms with Crippen molar-refractivity contribution in [3.8, 4) is 0 Å². The molecule has 0 spiro atoms. The molecule has 0 aliphatic rings. The number of aromatic nitrogens is 1. The van der Waals surface area contributed by atoms with Gasteiger partial charge in [0, 0.05) is 31.4 Å². The first-order valence-corrected chi connectivity index (χ1v) is 6.75. The van der Waals surface area contributed by atoms with Gasteiger partial charge >= 0.3 is 0 Å². The fourth-order valence-electron chi connectivity index (χ4n) is 1.87. The number of nitrogens with one attached hydrogen (secondary N) is 1. The van der Waals surface area contributed by atoms with E-state index in [1.165, 1.54) is 5.56 Å². The molecule has 0 saturated carbocycles. The summed E-state index contributed by atoms with van der Waals surface area (Å²) in [5, 5.41) is 3.51. The largest absolute Gasteiger partial charge is 0.356 e. The van der Waals surface area contributed by atoms with Gasteiger partial charge in [0.2, 0.25) is 0 Å². The quantitative estimate of drug-likeness (QED) is 0.824. The van der Waals surface area contributed by atoms with Gasteiger partial charge in [-0.2, -0.15) is 0 Å². The van der Waals surface area contributed by atoms with Gasteiger partial charge in [-0.3, -0.25) is 0 Å². The molecule has 106 valence electrons. The van der Waals surface area contributed by atoms with Gasteiger partial charge in [-0.25, -0.2) is 4.98 Å². The van der Waals surface area contributed by atoms with Crippen molar-refractivity contribution >= 4 is 5.82 Å². The van der Waals surface area contributed by atoms with Crippen LogP contribution in [-0.4, -0.2) is 24.1 Å². The van der Waals surface area contributed by atoms with E-state index in [4.69, 9.17) is 0 Å². The molecule has 1 aromatic heterocycles. The normalized spacial score (nSPS) is 11.5. The van der Waals surface area contributed by atoms with Crippen LogP contribution >= 0.6 is 0 Å². The van der Waals surface area contributed by atoms with Gasteiger partial charge in [-0.05, 0) is 52.3 Å². The minimum atomic E-state index is 0.126. The van der Waals surface area contributed by atoms with Gasteiger partial charge in [-0.15, -0.1) is 0 Å². The lowest BCUT2D eigenvalue weighted by Crippen LogP contribution is -2.35. The molecule has 0 fully saturated rings. The van der Waals surface area contributed by atoms with Gasteiger partial charge < -0.3 is 10.2 Å². The molecule has 1 rings (SSSR count). The standard InChI is InChI=1S/C16H27N3/c1-12(2)11-19(7)15-9-14(8-13(3)18-15)10-17-16(4,5)6/h8-9,17H,1,10-11H2,2-7H3. The summed E-state index contributed by atoms with van der Waals surface area (Å²) in [4.78, 5) is 6.72. The summed E-state index contributed by atoms with van der Waals surface area (Å²) >= 11 is 0. The first-order valence-electron chi connectivity index (χ1n) is 6.75. The number of likely N-dealkylation sites (N-methyl/N-ethyl adjacent to an activating group) is 1. The van der Waals surface area contributed by atoms with E-state index in [0.29, 0.717) is 0 Å². The third-order valence-corrected chi connectivity index (χ3v) is 2.72. The van der Waals surface area contributed by atoms with Crippen molar-refractivity contribution in [3.05, 3.63) is 35.5 Å². The number of pyridine rings is 1. The van der Waals surface area contributed by atoms with Crippen molar-refractivity contribution in [2.24, 2.45) is 0 Å². The highest BCUT2D eigenvalue weighted by atomic mass is 15.2. The molecule has 1 heterocycles. The predicted molar refractivity (Wildman–Crippen MR) is 83.7 cm³/mol. The van der Waals surface area contributed by atoms with Crippen molar-refractivity contribution in [2.75, 3.05) is 18.5 Å². The van der Waals surface area contributed by atoms with Crippen molar-refractivity contribution in [1.29, 1.82) is 0 Å². The SMILES string of the molecule is C=C(C)CN(C)c1cc(CNC(C)(C)C)cc(C)n1. The second-order valence-electron chi connectivity index (χ2n) is 6.39. The van der Waals surface area contributed by atoms with Crippen LogP contribution in [0.15, 0.2) is 24.3 Å². The molecule has 1 N–H and O–H groups in total. The summed E-state index contributed by atoms with van der Waals surface area (Å²) in [6.07, 6.45) is 0. The molecule has 0 atom stereocenters. The maximum absolute atomic E-state index is 4.59. The molecule has 0 saturated heterocycles. The Balaban J connectivity index is 2.84. The Morgan fingerprint density at radius 1 is 1.37 bits per heavy atom. The molecule has 0 aliphatic heterocycles. The van der Waals surface area contributed by atoms with Crippen LogP contribution in [0.5, 0.6) is 0 Å². The summed E-state index contributed by atoms with van der Waals surface area (Å²) < 4.78 is 0. The lowest BCUT2D eigenvalue weighted by Gasteiger charge is -2.22. The Hall–Kier alpha value is -1.35. The highest BCUT2D eigenvalue weighted by molar-refractivity contribution is 5.43. The Bertz CT molecular complexity index is 444.